The Balaban J connectivity index is 1.77. The van der Waals surface area contributed by atoms with Gasteiger partial charge in [0.05, 0.1) is 22.1 Å². The van der Waals surface area contributed by atoms with Crippen LogP contribution in [0.15, 0.2) is 84.9 Å². The molecule has 0 aliphatic carbocycles. The average Bonchev–Trinajstić information content (AvgIpc) is 3.01. The van der Waals surface area contributed by atoms with Crippen LogP contribution in [-0.4, -0.2) is 44.0 Å². The highest BCUT2D eigenvalue weighted by atomic mass is 32.2. The van der Waals surface area contributed by atoms with Gasteiger partial charge in [-0.1, -0.05) is 48.5 Å². The lowest BCUT2D eigenvalue weighted by atomic mass is 9.96. The van der Waals surface area contributed by atoms with Crippen LogP contribution in [0.5, 0.6) is 11.5 Å². The number of nitrogens with zero attached hydrogens (tertiary/aromatic N) is 1. The molecule has 5 rings (SSSR count). The van der Waals surface area contributed by atoms with Crippen LogP contribution in [0.25, 0.3) is 21.8 Å². The maximum Gasteiger partial charge on any atom is 0.345 e. The van der Waals surface area contributed by atoms with Crippen LogP contribution < -0.4 is 13.8 Å². The van der Waals surface area contributed by atoms with Crippen LogP contribution in [-0.2, 0) is 32.6 Å². The third kappa shape index (κ3) is 8.10. The molecule has 250 valence electrons. The Bertz CT molecular complexity index is 2160. The van der Waals surface area contributed by atoms with Crippen LogP contribution >= 0.6 is 7.37 Å². The topological polar surface area (TPSA) is 137 Å². The van der Waals surface area contributed by atoms with Crippen molar-refractivity contribution in [2.75, 3.05) is 19.1 Å². The van der Waals surface area contributed by atoms with Gasteiger partial charge in [-0.05, 0) is 61.2 Å². The van der Waals surface area contributed by atoms with Gasteiger partial charge in [0.25, 0.3) is 10.1 Å². The summed E-state index contributed by atoms with van der Waals surface area (Å²) in [5, 5.41) is 0.625. The maximum absolute atomic E-state index is 14.3. The standard InChI is InChI=1S/C36H36NO9PS/c1-24-13-12-14-25(2)28(24)23-44-35(38)34-31(46-47(3,4)40)20-19-30-33(34)32(36(39)45-26-15-6-5-7-16-26)27-17-8-9-18-29(27)37(30)21-10-11-22-48(41,42)43/h5-9,12-20H,10-11,21-23H2,1-4H3/p+1. The van der Waals surface area contributed by atoms with E-state index in [1.807, 2.05) is 42.7 Å². The van der Waals surface area contributed by atoms with Gasteiger partial charge in [0.1, 0.15) is 30.2 Å². The number of benzene rings is 4. The fraction of sp³-hybridized carbons (Fsp3) is 0.250. The first-order chi connectivity index (χ1) is 22.7. The van der Waals surface area contributed by atoms with Gasteiger partial charge < -0.3 is 14.0 Å². The molecule has 0 saturated heterocycles. The highest BCUT2D eigenvalue weighted by molar-refractivity contribution is 7.85. The first-order valence-corrected chi connectivity index (χ1v) is 19.5. The molecule has 1 N–H and O–H groups in total. The molecule has 1 aromatic heterocycles. The normalized spacial score (nSPS) is 11.9. The molecule has 0 saturated carbocycles. The minimum atomic E-state index is -4.16. The van der Waals surface area contributed by atoms with E-state index in [0.29, 0.717) is 28.6 Å². The zero-order valence-electron chi connectivity index (χ0n) is 27.1. The van der Waals surface area contributed by atoms with Crippen molar-refractivity contribution in [1.29, 1.82) is 0 Å². The first kappa shape index (κ1) is 34.8. The second-order valence-electron chi connectivity index (χ2n) is 11.9. The minimum absolute atomic E-state index is 0.0238. The number of unbranched alkanes of at least 4 members (excludes halogenated alkanes) is 1. The second kappa shape index (κ2) is 14.3. The van der Waals surface area contributed by atoms with Crippen LogP contribution in [0.1, 0.15) is 50.2 Å². The SMILES string of the molecule is Cc1cccc(C)c1COC(=O)c1c(OP(C)(C)=O)ccc2c1c(C(=O)Oc1ccccc1)c1ccccc1[n+]2CCCCS(=O)(=O)O. The summed E-state index contributed by atoms with van der Waals surface area (Å²) in [7, 11) is -7.39. The summed E-state index contributed by atoms with van der Waals surface area (Å²) in [5.41, 5.74) is 3.74. The highest BCUT2D eigenvalue weighted by Gasteiger charge is 2.33. The summed E-state index contributed by atoms with van der Waals surface area (Å²) >= 11 is 0. The number of carbonyl (C=O) groups is 2. The largest absolute Gasteiger partial charge is 0.457 e. The van der Waals surface area contributed by atoms with Gasteiger partial charge in [0.15, 0.2) is 0 Å². The molecule has 0 unspecified atom stereocenters. The number of esters is 2. The number of hydrogen-bond acceptors (Lipinski definition) is 8. The van der Waals surface area contributed by atoms with Crippen molar-refractivity contribution in [2.45, 2.75) is 39.8 Å². The molecule has 1 heterocycles. The predicted molar refractivity (Wildman–Crippen MR) is 184 cm³/mol. The van der Waals surface area contributed by atoms with Crippen LogP contribution in [0.3, 0.4) is 0 Å². The van der Waals surface area contributed by atoms with Crippen molar-refractivity contribution in [1.82, 2.24) is 0 Å². The molecule has 0 radical (unpaired) electrons. The number of fused-ring (bicyclic) bond motifs is 2. The number of rotatable bonds is 12. The van der Waals surface area contributed by atoms with E-state index in [4.69, 9.17) is 14.0 Å². The molecular weight excluding hydrogens is 653 g/mol. The summed E-state index contributed by atoms with van der Waals surface area (Å²) < 4.78 is 64.7. The van der Waals surface area contributed by atoms with Crippen molar-refractivity contribution < 1.29 is 45.7 Å². The zero-order chi connectivity index (χ0) is 34.6. The first-order valence-electron chi connectivity index (χ1n) is 15.3. The van der Waals surface area contributed by atoms with E-state index < -0.39 is 35.2 Å². The fourth-order valence-electron chi connectivity index (χ4n) is 5.69. The zero-order valence-corrected chi connectivity index (χ0v) is 28.8. The van der Waals surface area contributed by atoms with Crippen molar-refractivity contribution in [3.05, 3.63) is 113 Å². The Morgan fingerprint density at radius 1 is 0.792 bits per heavy atom. The van der Waals surface area contributed by atoms with Crippen molar-refractivity contribution in [2.24, 2.45) is 0 Å². The van der Waals surface area contributed by atoms with E-state index in [1.165, 1.54) is 19.4 Å². The molecule has 4 aromatic carbocycles. The molecule has 10 nitrogen and oxygen atoms in total. The second-order valence-corrected chi connectivity index (χ2v) is 16.1. The van der Waals surface area contributed by atoms with E-state index in [2.05, 4.69) is 0 Å². The Morgan fingerprint density at radius 3 is 2.12 bits per heavy atom. The number of hydrogen-bond donors (Lipinski definition) is 1. The molecule has 48 heavy (non-hydrogen) atoms. The smallest absolute Gasteiger partial charge is 0.345 e. The fourth-order valence-corrected chi connectivity index (χ4v) is 6.89. The predicted octanol–water partition coefficient (Wildman–Crippen LogP) is 7.06. The van der Waals surface area contributed by atoms with Gasteiger partial charge in [0.2, 0.25) is 18.4 Å². The van der Waals surface area contributed by atoms with Gasteiger partial charge in [0, 0.05) is 31.9 Å². The average molecular weight is 691 g/mol. The molecule has 0 spiro atoms. The third-order valence-corrected chi connectivity index (χ3v) is 9.30. The van der Waals surface area contributed by atoms with Gasteiger partial charge in [-0.3, -0.25) is 9.12 Å². The van der Waals surface area contributed by atoms with Gasteiger partial charge in [-0.2, -0.15) is 13.0 Å². The Kier molecular flexibility index (Phi) is 10.3. The monoisotopic (exact) mass is 690 g/mol. The van der Waals surface area contributed by atoms with Crippen LogP contribution in [0, 0.1) is 13.8 Å². The van der Waals surface area contributed by atoms with Crippen molar-refractivity contribution in [3.8, 4) is 11.5 Å². The van der Waals surface area contributed by atoms with Crippen LogP contribution in [0.2, 0.25) is 0 Å². The van der Waals surface area contributed by atoms with Crippen LogP contribution in [0.4, 0.5) is 0 Å². The molecule has 0 bridgehead atoms. The maximum atomic E-state index is 14.3. The van der Waals surface area contributed by atoms with Gasteiger partial charge >= 0.3 is 11.9 Å². The molecular formula is C36H37NO9PS+. The lowest BCUT2D eigenvalue weighted by Crippen LogP contribution is -2.37. The summed E-state index contributed by atoms with van der Waals surface area (Å²) in [5.74, 6) is -1.68. The number of para-hydroxylation sites is 2. The quantitative estimate of drug-likeness (QED) is 0.0278. The lowest BCUT2D eigenvalue weighted by molar-refractivity contribution is -0.645. The Morgan fingerprint density at radius 2 is 1.46 bits per heavy atom. The molecule has 0 fully saturated rings. The Hall–Kier alpha value is -4.57. The van der Waals surface area contributed by atoms with E-state index in [1.54, 1.807) is 54.6 Å². The number of aryl methyl sites for hydroxylation is 3. The number of carbonyl (C=O) groups excluding carboxylic acids is 2. The van der Waals surface area contributed by atoms with Crippen molar-refractivity contribution in [3.63, 3.8) is 0 Å². The summed E-state index contributed by atoms with van der Waals surface area (Å²) in [4.78, 5) is 28.5. The van der Waals surface area contributed by atoms with E-state index in [9.17, 15) is 27.1 Å². The number of ether oxygens (including phenoxy) is 2. The summed E-state index contributed by atoms with van der Waals surface area (Å²) in [6, 6.07) is 24.6. The molecule has 12 heteroatoms. The van der Waals surface area contributed by atoms with E-state index in [0.717, 1.165) is 16.7 Å². The Labute approximate surface area is 279 Å². The number of pyridine rings is 1. The molecule has 0 aliphatic rings. The molecule has 5 aromatic rings. The summed E-state index contributed by atoms with van der Waals surface area (Å²) in [6.07, 6.45) is 0.515. The summed E-state index contributed by atoms with van der Waals surface area (Å²) in [6.45, 7) is 6.89. The molecule has 0 amide bonds. The lowest BCUT2D eigenvalue weighted by Gasteiger charge is -2.19. The van der Waals surface area contributed by atoms with E-state index in [-0.39, 0.29) is 41.8 Å². The molecule has 0 aliphatic heterocycles. The van der Waals surface area contributed by atoms with Gasteiger partial charge in [-0.15, -0.1) is 0 Å². The minimum Gasteiger partial charge on any atom is -0.457 e. The molecule has 0 atom stereocenters. The number of aromatic nitrogens is 1. The van der Waals surface area contributed by atoms with E-state index >= 15 is 0 Å². The van der Waals surface area contributed by atoms with Crippen molar-refractivity contribution >= 4 is 51.2 Å². The highest BCUT2D eigenvalue weighted by Crippen LogP contribution is 2.43. The van der Waals surface area contributed by atoms with Gasteiger partial charge in [-0.25, -0.2) is 9.59 Å². The third-order valence-electron chi connectivity index (χ3n) is 7.86.